The molecule has 30 heavy (non-hydrogen) atoms. The molecule has 0 aliphatic heterocycles. The summed E-state index contributed by atoms with van der Waals surface area (Å²) in [7, 11) is -1.46. The molecule has 158 valence electrons. The summed E-state index contributed by atoms with van der Waals surface area (Å²) in [6.07, 6.45) is 0. The summed E-state index contributed by atoms with van der Waals surface area (Å²) in [5.41, 5.74) is 4.98. The Hall–Kier alpha value is -3.05. The highest BCUT2D eigenvalue weighted by atomic mass is 28.3. The van der Waals surface area contributed by atoms with E-state index in [1.807, 2.05) is 24.3 Å². The van der Waals surface area contributed by atoms with Gasteiger partial charge in [-0.15, -0.1) is 5.54 Å². The first kappa shape index (κ1) is 23.2. The van der Waals surface area contributed by atoms with Crippen molar-refractivity contribution in [3.63, 3.8) is 0 Å². The highest BCUT2D eigenvalue weighted by molar-refractivity contribution is 6.83. The van der Waals surface area contributed by atoms with Crippen LogP contribution in [0.4, 0.5) is 11.9 Å². The molecule has 0 bridgehead atoms. The molecule has 0 saturated heterocycles. The number of anilines is 2. The third-order valence-electron chi connectivity index (χ3n) is 3.88. The van der Waals surface area contributed by atoms with Gasteiger partial charge in [0.25, 0.3) is 0 Å². The number of carbonyl (C=O) groups excluding carboxylic acids is 2. The molecule has 2 N–H and O–H groups in total. The van der Waals surface area contributed by atoms with Crippen molar-refractivity contribution in [1.29, 1.82) is 0 Å². The van der Waals surface area contributed by atoms with Crippen LogP contribution in [-0.4, -0.2) is 34.8 Å². The molecule has 0 aliphatic carbocycles. The molecular formula is C22H29N5O2Si. The maximum Gasteiger partial charge on any atom is 0.234 e. The van der Waals surface area contributed by atoms with E-state index in [4.69, 9.17) is 0 Å². The molecule has 0 unspecified atom stereocenters. The van der Waals surface area contributed by atoms with Crippen LogP contribution in [0.15, 0.2) is 24.3 Å². The van der Waals surface area contributed by atoms with Crippen molar-refractivity contribution in [2.75, 3.05) is 10.6 Å². The molecule has 0 fully saturated rings. The molecule has 1 aromatic carbocycles. The van der Waals surface area contributed by atoms with E-state index in [2.05, 4.69) is 56.7 Å². The molecule has 0 spiro atoms. The minimum atomic E-state index is -1.46. The van der Waals surface area contributed by atoms with Crippen LogP contribution in [0.5, 0.6) is 0 Å². The molecule has 0 saturated carbocycles. The largest absolute Gasteiger partial charge is 0.294 e. The average molecular weight is 424 g/mol. The summed E-state index contributed by atoms with van der Waals surface area (Å²) in [5.74, 6) is 2.86. The third kappa shape index (κ3) is 7.08. The van der Waals surface area contributed by atoms with Crippen molar-refractivity contribution in [2.45, 2.75) is 47.3 Å². The lowest BCUT2D eigenvalue weighted by Crippen LogP contribution is -2.23. The van der Waals surface area contributed by atoms with Crippen molar-refractivity contribution < 1.29 is 9.59 Å². The maximum atomic E-state index is 12.1. The molecule has 2 amide bonds. The van der Waals surface area contributed by atoms with E-state index in [0.717, 1.165) is 11.1 Å². The zero-order chi connectivity index (χ0) is 22.5. The lowest BCUT2D eigenvalue weighted by atomic mass is 10.1. The van der Waals surface area contributed by atoms with Gasteiger partial charge in [0, 0.05) is 23.0 Å². The third-order valence-corrected chi connectivity index (χ3v) is 4.75. The first-order valence-electron chi connectivity index (χ1n) is 9.96. The predicted octanol–water partition coefficient (Wildman–Crippen LogP) is 3.96. The van der Waals surface area contributed by atoms with E-state index < -0.39 is 8.07 Å². The van der Waals surface area contributed by atoms with Gasteiger partial charge in [0.1, 0.15) is 8.07 Å². The summed E-state index contributed by atoms with van der Waals surface area (Å²) in [6.45, 7) is 13.7. The summed E-state index contributed by atoms with van der Waals surface area (Å²) < 4.78 is 0. The van der Waals surface area contributed by atoms with Gasteiger partial charge in [-0.2, -0.15) is 15.0 Å². The Balaban J connectivity index is 2.40. The van der Waals surface area contributed by atoms with Crippen LogP contribution in [0.25, 0.3) is 11.4 Å². The number of carbonyl (C=O) groups is 2. The monoisotopic (exact) mass is 423 g/mol. The first-order chi connectivity index (χ1) is 13.9. The van der Waals surface area contributed by atoms with Gasteiger partial charge in [0.2, 0.25) is 23.7 Å². The quantitative estimate of drug-likeness (QED) is 0.560. The van der Waals surface area contributed by atoms with Gasteiger partial charge >= 0.3 is 0 Å². The summed E-state index contributed by atoms with van der Waals surface area (Å²) >= 11 is 0. The minimum Gasteiger partial charge on any atom is -0.294 e. The molecule has 0 atom stereocenters. The van der Waals surface area contributed by atoms with Crippen molar-refractivity contribution in [2.24, 2.45) is 11.8 Å². The Labute approximate surface area is 179 Å². The van der Waals surface area contributed by atoms with E-state index >= 15 is 0 Å². The standard InChI is InChI=1S/C22H29N5O2Si/c1-14(2)19(28)25-21-23-18(24-22(27-21)26-20(29)15(3)4)17-10-8-16(9-11-17)12-13-30(5,6)7/h8-11,14-15H,1-7H3,(H2,23,24,25,26,27,28,29). The predicted molar refractivity (Wildman–Crippen MR) is 122 cm³/mol. The number of benzene rings is 1. The van der Waals surface area contributed by atoms with Gasteiger partial charge in [-0.3, -0.25) is 20.2 Å². The maximum absolute atomic E-state index is 12.1. The van der Waals surface area contributed by atoms with Crippen molar-refractivity contribution in [1.82, 2.24) is 15.0 Å². The smallest absolute Gasteiger partial charge is 0.234 e. The fraction of sp³-hybridized carbons (Fsp3) is 0.409. The van der Waals surface area contributed by atoms with Gasteiger partial charge in [0.05, 0.1) is 0 Å². The van der Waals surface area contributed by atoms with E-state index in [9.17, 15) is 9.59 Å². The van der Waals surface area contributed by atoms with Crippen LogP contribution in [0.1, 0.15) is 33.3 Å². The van der Waals surface area contributed by atoms with Crippen LogP contribution < -0.4 is 10.6 Å². The number of rotatable bonds is 5. The summed E-state index contributed by atoms with van der Waals surface area (Å²) in [6, 6.07) is 7.55. The SMILES string of the molecule is CC(C)C(=O)Nc1nc(NC(=O)C(C)C)nc(-c2ccc(C#C[Si](C)(C)C)cc2)n1. The number of nitrogens with zero attached hydrogens (tertiary/aromatic N) is 3. The fourth-order valence-corrected chi connectivity index (χ4v) is 2.61. The molecule has 7 nitrogen and oxygen atoms in total. The Morgan fingerprint density at radius 3 is 1.70 bits per heavy atom. The van der Waals surface area contributed by atoms with Crippen LogP contribution in [0.3, 0.4) is 0 Å². The van der Waals surface area contributed by atoms with E-state index in [1.54, 1.807) is 27.7 Å². The van der Waals surface area contributed by atoms with Crippen LogP contribution in [0, 0.1) is 23.3 Å². The van der Waals surface area contributed by atoms with Crippen molar-refractivity contribution in [3.05, 3.63) is 29.8 Å². The molecule has 1 heterocycles. The van der Waals surface area contributed by atoms with Crippen molar-refractivity contribution in [3.8, 4) is 22.9 Å². The van der Waals surface area contributed by atoms with Gasteiger partial charge in [-0.25, -0.2) is 0 Å². The molecule has 2 rings (SSSR count). The van der Waals surface area contributed by atoms with Gasteiger partial charge in [0.15, 0.2) is 5.82 Å². The Morgan fingerprint density at radius 1 is 0.833 bits per heavy atom. The number of amides is 2. The number of hydrogen-bond acceptors (Lipinski definition) is 5. The topological polar surface area (TPSA) is 96.9 Å². The number of aromatic nitrogens is 3. The number of hydrogen-bond donors (Lipinski definition) is 2. The first-order valence-corrected chi connectivity index (χ1v) is 13.5. The highest BCUT2D eigenvalue weighted by Gasteiger charge is 2.16. The molecule has 0 aliphatic rings. The number of nitrogens with one attached hydrogen (secondary N) is 2. The normalized spacial score (nSPS) is 11.1. The second kappa shape index (κ2) is 9.63. The lowest BCUT2D eigenvalue weighted by molar-refractivity contribution is -0.119. The van der Waals surface area contributed by atoms with Crippen LogP contribution in [-0.2, 0) is 9.59 Å². The van der Waals surface area contributed by atoms with Gasteiger partial charge in [-0.05, 0) is 24.3 Å². The van der Waals surface area contributed by atoms with E-state index in [1.165, 1.54) is 0 Å². The zero-order valence-corrected chi connectivity index (χ0v) is 19.6. The summed E-state index contributed by atoms with van der Waals surface area (Å²) in [4.78, 5) is 37.1. The van der Waals surface area contributed by atoms with Crippen molar-refractivity contribution >= 4 is 31.8 Å². The van der Waals surface area contributed by atoms with E-state index in [-0.39, 0.29) is 35.5 Å². The van der Waals surface area contributed by atoms with Gasteiger partial charge < -0.3 is 0 Å². The van der Waals surface area contributed by atoms with Crippen LogP contribution >= 0.6 is 0 Å². The Morgan fingerprint density at radius 2 is 1.30 bits per heavy atom. The summed E-state index contributed by atoms with van der Waals surface area (Å²) in [5, 5.41) is 5.34. The highest BCUT2D eigenvalue weighted by Crippen LogP contribution is 2.19. The molecule has 2 aromatic rings. The molecule has 0 radical (unpaired) electrons. The lowest BCUT2D eigenvalue weighted by Gasteiger charge is -2.11. The Bertz CT molecular complexity index is 943. The molecule has 8 heteroatoms. The fourth-order valence-electron chi connectivity index (χ4n) is 2.09. The zero-order valence-electron chi connectivity index (χ0n) is 18.6. The van der Waals surface area contributed by atoms with Crippen LogP contribution in [0.2, 0.25) is 19.6 Å². The molecule has 1 aromatic heterocycles. The van der Waals surface area contributed by atoms with Gasteiger partial charge in [-0.1, -0.05) is 53.3 Å². The molecular weight excluding hydrogens is 394 g/mol. The second-order valence-corrected chi connectivity index (χ2v) is 13.4. The van der Waals surface area contributed by atoms with E-state index in [0.29, 0.717) is 5.82 Å². The minimum absolute atomic E-state index is 0.0976. The Kier molecular flexibility index (Phi) is 7.46. The average Bonchev–Trinajstić information content (AvgIpc) is 2.65. The second-order valence-electron chi connectivity index (χ2n) is 8.67.